The Balaban J connectivity index is 1.78. The topological polar surface area (TPSA) is 39.7 Å². The fraction of sp³-hybridized carbons (Fsp3) is 0.571. The zero-order valence-electron chi connectivity index (χ0n) is 11.7. The molecule has 0 bridgehead atoms. The molecule has 1 aromatic rings. The molecule has 1 aromatic heterocycles. The minimum absolute atomic E-state index is 0.00488. The first kappa shape index (κ1) is 14.0. The highest BCUT2D eigenvalue weighted by Gasteiger charge is 2.16. The Morgan fingerprint density at radius 2 is 2.05 bits per heavy atom. The lowest BCUT2D eigenvalue weighted by Gasteiger charge is -2.33. The van der Waals surface area contributed by atoms with Gasteiger partial charge in [0.25, 0.3) is 5.91 Å². The van der Waals surface area contributed by atoms with Crippen LogP contribution in [0, 0.1) is 0 Å². The van der Waals surface area contributed by atoms with E-state index < -0.39 is 0 Å². The summed E-state index contributed by atoms with van der Waals surface area (Å²) in [4.78, 5) is 22.7. The number of rotatable bonds is 4. The maximum atomic E-state index is 12.1. The van der Waals surface area contributed by atoms with E-state index in [9.17, 15) is 4.79 Å². The molecular formula is C14H22N4O. The van der Waals surface area contributed by atoms with Crippen LogP contribution in [0.25, 0.3) is 0 Å². The number of aromatic nitrogens is 1. The number of pyridine rings is 1. The van der Waals surface area contributed by atoms with Gasteiger partial charge >= 0.3 is 0 Å². The van der Waals surface area contributed by atoms with Crippen LogP contribution in [0.4, 0.5) is 0 Å². The van der Waals surface area contributed by atoms with Crippen molar-refractivity contribution in [2.75, 3.05) is 53.4 Å². The lowest BCUT2D eigenvalue weighted by molar-refractivity contribution is 0.0754. The Kier molecular flexibility index (Phi) is 4.87. The number of likely N-dealkylation sites (N-methyl/N-ethyl adjacent to an activating group) is 2. The third-order valence-corrected chi connectivity index (χ3v) is 3.58. The Morgan fingerprint density at radius 1 is 1.32 bits per heavy atom. The van der Waals surface area contributed by atoms with Gasteiger partial charge in [-0.1, -0.05) is 6.07 Å². The van der Waals surface area contributed by atoms with Crippen molar-refractivity contribution >= 4 is 5.91 Å². The molecule has 0 saturated carbocycles. The van der Waals surface area contributed by atoms with E-state index >= 15 is 0 Å². The molecular weight excluding hydrogens is 240 g/mol. The van der Waals surface area contributed by atoms with Gasteiger partial charge in [0.05, 0.1) is 0 Å². The second kappa shape index (κ2) is 6.63. The van der Waals surface area contributed by atoms with E-state index in [4.69, 9.17) is 0 Å². The molecule has 0 N–H and O–H groups in total. The van der Waals surface area contributed by atoms with Crippen LogP contribution in [0.1, 0.15) is 10.5 Å². The molecule has 0 atom stereocenters. The Labute approximate surface area is 114 Å². The molecule has 5 heteroatoms. The molecule has 1 saturated heterocycles. The number of piperazine rings is 1. The van der Waals surface area contributed by atoms with Gasteiger partial charge < -0.3 is 9.80 Å². The number of hydrogen-bond acceptors (Lipinski definition) is 4. The maximum absolute atomic E-state index is 12.1. The summed E-state index contributed by atoms with van der Waals surface area (Å²) in [5, 5.41) is 0. The van der Waals surface area contributed by atoms with Crippen LogP contribution in [0.2, 0.25) is 0 Å². The largest absolute Gasteiger partial charge is 0.339 e. The summed E-state index contributed by atoms with van der Waals surface area (Å²) in [6.45, 7) is 6.07. The Morgan fingerprint density at radius 3 is 2.68 bits per heavy atom. The smallest absolute Gasteiger partial charge is 0.272 e. The number of amides is 1. The average Bonchev–Trinajstić information content (AvgIpc) is 2.46. The molecule has 2 heterocycles. The summed E-state index contributed by atoms with van der Waals surface area (Å²) in [7, 11) is 3.99. The van der Waals surface area contributed by atoms with E-state index in [1.807, 2.05) is 19.2 Å². The van der Waals surface area contributed by atoms with Gasteiger partial charge in [0.1, 0.15) is 5.69 Å². The maximum Gasteiger partial charge on any atom is 0.272 e. The zero-order chi connectivity index (χ0) is 13.7. The third kappa shape index (κ3) is 4.01. The molecule has 1 amide bonds. The standard InChI is InChI=1S/C14H22N4O/c1-16-7-10-18(11-8-16)12-9-17(2)14(19)13-5-3-4-6-15-13/h3-6H,7-12H2,1-2H3. The lowest BCUT2D eigenvalue weighted by Crippen LogP contribution is -2.47. The molecule has 0 aliphatic carbocycles. The van der Waals surface area contributed by atoms with Crippen molar-refractivity contribution in [3.63, 3.8) is 0 Å². The van der Waals surface area contributed by atoms with Gasteiger partial charge in [-0.15, -0.1) is 0 Å². The summed E-state index contributed by atoms with van der Waals surface area (Å²) in [5.41, 5.74) is 0.517. The summed E-state index contributed by atoms with van der Waals surface area (Å²) in [6.07, 6.45) is 1.65. The van der Waals surface area contributed by atoms with Crippen LogP contribution >= 0.6 is 0 Å². The summed E-state index contributed by atoms with van der Waals surface area (Å²) in [5.74, 6) is -0.00488. The monoisotopic (exact) mass is 262 g/mol. The Bertz CT molecular complexity index is 401. The molecule has 0 radical (unpaired) electrons. The van der Waals surface area contributed by atoms with Crippen LogP contribution < -0.4 is 0 Å². The molecule has 0 spiro atoms. The SMILES string of the molecule is CN1CCN(CCN(C)C(=O)c2ccccn2)CC1. The van der Waals surface area contributed by atoms with Crippen LogP contribution in [-0.2, 0) is 0 Å². The van der Waals surface area contributed by atoms with E-state index in [2.05, 4.69) is 21.8 Å². The highest BCUT2D eigenvalue weighted by molar-refractivity contribution is 5.92. The van der Waals surface area contributed by atoms with Crippen LogP contribution in [0.15, 0.2) is 24.4 Å². The van der Waals surface area contributed by atoms with Gasteiger partial charge in [-0.2, -0.15) is 0 Å². The minimum atomic E-state index is -0.00488. The number of carbonyl (C=O) groups excluding carboxylic acids is 1. The quantitative estimate of drug-likeness (QED) is 0.787. The van der Waals surface area contributed by atoms with Crippen molar-refractivity contribution < 1.29 is 4.79 Å². The Hall–Kier alpha value is -1.46. The average molecular weight is 262 g/mol. The molecule has 1 aliphatic rings. The molecule has 5 nitrogen and oxygen atoms in total. The van der Waals surface area contributed by atoms with Gasteiger partial charge in [-0.3, -0.25) is 14.7 Å². The van der Waals surface area contributed by atoms with Gasteiger partial charge in [-0.25, -0.2) is 0 Å². The van der Waals surface area contributed by atoms with E-state index in [1.54, 1.807) is 17.2 Å². The third-order valence-electron chi connectivity index (χ3n) is 3.58. The second-order valence-corrected chi connectivity index (χ2v) is 5.09. The van der Waals surface area contributed by atoms with E-state index in [0.717, 1.165) is 39.3 Å². The van der Waals surface area contributed by atoms with E-state index in [-0.39, 0.29) is 5.91 Å². The van der Waals surface area contributed by atoms with Crippen molar-refractivity contribution in [1.29, 1.82) is 0 Å². The van der Waals surface area contributed by atoms with E-state index in [1.165, 1.54) is 0 Å². The van der Waals surface area contributed by atoms with Crippen molar-refractivity contribution in [3.05, 3.63) is 30.1 Å². The molecule has 1 aliphatic heterocycles. The first-order valence-corrected chi connectivity index (χ1v) is 6.74. The first-order chi connectivity index (χ1) is 9.16. The predicted octanol–water partition coefficient (Wildman–Crippen LogP) is 0.401. The molecule has 19 heavy (non-hydrogen) atoms. The minimum Gasteiger partial charge on any atom is -0.339 e. The zero-order valence-corrected chi connectivity index (χ0v) is 11.7. The van der Waals surface area contributed by atoms with Crippen molar-refractivity contribution in [2.45, 2.75) is 0 Å². The first-order valence-electron chi connectivity index (χ1n) is 6.74. The number of hydrogen-bond donors (Lipinski definition) is 0. The van der Waals surface area contributed by atoms with Gasteiger partial charge in [0.2, 0.25) is 0 Å². The van der Waals surface area contributed by atoms with Gasteiger partial charge in [-0.05, 0) is 19.2 Å². The van der Waals surface area contributed by atoms with Crippen LogP contribution in [0.5, 0.6) is 0 Å². The van der Waals surface area contributed by atoms with Crippen molar-refractivity contribution in [3.8, 4) is 0 Å². The fourth-order valence-corrected chi connectivity index (χ4v) is 2.15. The fourth-order valence-electron chi connectivity index (χ4n) is 2.15. The van der Waals surface area contributed by atoms with E-state index in [0.29, 0.717) is 5.69 Å². The summed E-state index contributed by atoms with van der Waals surface area (Å²) in [6, 6.07) is 5.42. The number of nitrogens with zero attached hydrogens (tertiary/aromatic N) is 4. The highest BCUT2D eigenvalue weighted by atomic mass is 16.2. The van der Waals surface area contributed by atoms with Crippen molar-refractivity contribution in [2.24, 2.45) is 0 Å². The summed E-state index contributed by atoms with van der Waals surface area (Å²) < 4.78 is 0. The summed E-state index contributed by atoms with van der Waals surface area (Å²) >= 11 is 0. The predicted molar refractivity (Wildman–Crippen MR) is 75.1 cm³/mol. The normalized spacial score (nSPS) is 17.4. The molecule has 0 aromatic carbocycles. The van der Waals surface area contributed by atoms with Gasteiger partial charge in [0, 0.05) is 52.5 Å². The van der Waals surface area contributed by atoms with Crippen molar-refractivity contribution in [1.82, 2.24) is 19.7 Å². The second-order valence-electron chi connectivity index (χ2n) is 5.09. The number of carbonyl (C=O) groups is 1. The molecule has 0 unspecified atom stereocenters. The lowest BCUT2D eigenvalue weighted by atomic mass is 10.3. The van der Waals surface area contributed by atoms with Crippen LogP contribution in [0.3, 0.4) is 0 Å². The molecule has 1 fully saturated rings. The highest BCUT2D eigenvalue weighted by Crippen LogP contribution is 2.02. The molecule has 2 rings (SSSR count). The van der Waals surface area contributed by atoms with Gasteiger partial charge in [0.15, 0.2) is 0 Å². The van der Waals surface area contributed by atoms with Crippen LogP contribution in [-0.4, -0.2) is 79.0 Å². The molecule has 104 valence electrons.